The van der Waals surface area contributed by atoms with Gasteiger partial charge in [0, 0.05) is 11.1 Å². The highest BCUT2D eigenvalue weighted by molar-refractivity contribution is 7.94. The van der Waals surface area contributed by atoms with Crippen LogP contribution in [0.15, 0.2) is 66.1 Å². The maximum Gasteiger partial charge on any atom is 0.268 e. The summed E-state index contributed by atoms with van der Waals surface area (Å²) in [6.07, 6.45) is 0.804. The molecule has 1 aliphatic heterocycles. The Labute approximate surface area is 153 Å². The normalized spacial score (nSPS) is 19.1. The summed E-state index contributed by atoms with van der Waals surface area (Å²) in [4.78, 5) is 14.6. The first kappa shape index (κ1) is 18.2. The third-order valence-electron chi connectivity index (χ3n) is 4.20. The zero-order chi connectivity index (χ0) is 18.7. The van der Waals surface area contributed by atoms with Gasteiger partial charge in [0.25, 0.3) is 5.91 Å². The first-order valence-corrected chi connectivity index (χ1v) is 10.1. The number of ether oxygens (including phenoxy) is 1. The predicted molar refractivity (Wildman–Crippen MR) is 102 cm³/mol. The van der Waals surface area contributed by atoms with E-state index < -0.39 is 22.0 Å². The van der Waals surface area contributed by atoms with Crippen LogP contribution in [-0.4, -0.2) is 32.2 Å². The summed E-state index contributed by atoms with van der Waals surface area (Å²) in [5, 5.41) is 1.18. The van der Waals surface area contributed by atoms with Crippen molar-refractivity contribution in [1.29, 1.82) is 0 Å². The van der Waals surface area contributed by atoms with E-state index in [-0.39, 0.29) is 11.7 Å². The van der Waals surface area contributed by atoms with Gasteiger partial charge in [0.2, 0.25) is 0 Å². The fourth-order valence-corrected chi connectivity index (χ4v) is 4.13. The number of rotatable bonds is 5. The molecule has 0 saturated heterocycles. The van der Waals surface area contributed by atoms with E-state index in [2.05, 4.69) is 0 Å². The van der Waals surface area contributed by atoms with Crippen LogP contribution in [0.1, 0.15) is 12.5 Å². The molecule has 0 saturated carbocycles. The number of hydrogen-bond donors (Lipinski definition) is 0. The molecule has 0 fully saturated rings. The highest BCUT2D eigenvalue weighted by atomic mass is 32.2. The van der Waals surface area contributed by atoms with E-state index in [1.54, 1.807) is 25.1 Å². The second-order valence-electron chi connectivity index (χ2n) is 6.34. The maximum atomic E-state index is 13.1. The second-order valence-corrected chi connectivity index (χ2v) is 8.27. The number of carbonyl (C=O) groups excluding carboxylic acids is 1. The van der Waals surface area contributed by atoms with Crippen LogP contribution in [0.25, 0.3) is 0 Å². The number of anilines is 1. The van der Waals surface area contributed by atoms with Gasteiger partial charge in [-0.15, -0.1) is 0 Å². The molecule has 0 aliphatic carbocycles. The summed E-state index contributed by atoms with van der Waals surface area (Å²) in [6, 6.07) is 16.0. The molecule has 0 N–H and O–H groups in total. The molecule has 2 atom stereocenters. The number of sulfone groups is 1. The van der Waals surface area contributed by atoms with Gasteiger partial charge in [-0.2, -0.15) is 0 Å². The molecular weight excluding hydrogens is 350 g/mol. The molecule has 0 spiro atoms. The van der Waals surface area contributed by atoms with Gasteiger partial charge in [0.15, 0.2) is 15.9 Å². The fourth-order valence-electron chi connectivity index (χ4n) is 2.86. The fraction of sp³-hybridized carbons (Fsp3) is 0.250. The van der Waals surface area contributed by atoms with E-state index in [4.69, 9.17) is 4.74 Å². The number of para-hydroxylation sites is 1. The molecule has 1 aliphatic rings. The van der Waals surface area contributed by atoms with Crippen LogP contribution in [0, 0.1) is 6.92 Å². The zero-order valence-electron chi connectivity index (χ0n) is 14.7. The van der Waals surface area contributed by atoms with Crippen molar-refractivity contribution in [3.63, 3.8) is 0 Å². The number of amides is 1. The minimum absolute atomic E-state index is 0.120. The van der Waals surface area contributed by atoms with Gasteiger partial charge in [-0.3, -0.25) is 4.79 Å². The molecule has 0 unspecified atom stereocenters. The minimum Gasteiger partial charge on any atom is -0.481 e. The second kappa shape index (κ2) is 7.33. The number of benzene rings is 2. The van der Waals surface area contributed by atoms with Crippen LogP contribution < -0.4 is 9.64 Å². The lowest BCUT2D eigenvalue weighted by atomic mass is 10.1. The van der Waals surface area contributed by atoms with Crippen molar-refractivity contribution in [2.24, 2.45) is 0 Å². The average Bonchev–Trinajstić information content (AvgIpc) is 2.97. The molecule has 1 amide bonds. The first-order chi connectivity index (χ1) is 12.4. The molecule has 0 aromatic heterocycles. The monoisotopic (exact) mass is 371 g/mol. The van der Waals surface area contributed by atoms with Crippen molar-refractivity contribution in [2.75, 3.05) is 10.7 Å². The van der Waals surface area contributed by atoms with E-state index in [0.717, 1.165) is 5.56 Å². The summed E-state index contributed by atoms with van der Waals surface area (Å²) in [6.45, 7) is 3.63. The van der Waals surface area contributed by atoms with Crippen LogP contribution in [0.3, 0.4) is 0 Å². The predicted octanol–water partition coefficient (Wildman–Crippen LogP) is 3.11. The zero-order valence-corrected chi connectivity index (χ0v) is 15.5. The smallest absolute Gasteiger partial charge is 0.268 e. The molecule has 6 heteroatoms. The van der Waals surface area contributed by atoms with Gasteiger partial charge in [-0.05, 0) is 44.2 Å². The lowest BCUT2D eigenvalue weighted by Crippen LogP contribution is -2.47. The number of hydrogen-bond acceptors (Lipinski definition) is 4. The minimum atomic E-state index is -3.29. The molecular formula is C20H21NO4S. The highest BCUT2D eigenvalue weighted by Gasteiger charge is 2.34. The quantitative estimate of drug-likeness (QED) is 0.810. The standard InChI is InChI=1S/C20H21NO4S/c1-15-8-10-17(11-9-15)21(18-12-13-26(23,24)14-18)20(22)16(2)25-19-6-4-3-5-7-19/h3-13,16,18H,14H2,1-2H3/t16-,18+/m0/s1. The van der Waals surface area contributed by atoms with Gasteiger partial charge >= 0.3 is 0 Å². The molecule has 5 nitrogen and oxygen atoms in total. The lowest BCUT2D eigenvalue weighted by Gasteiger charge is -2.30. The number of carbonyl (C=O) groups is 1. The van der Waals surface area contributed by atoms with Crippen molar-refractivity contribution in [2.45, 2.75) is 26.0 Å². The first-order valence-electron chi connectivity index (χ1n) is 8.38. The summed E-state index contributed by atoms with van der Waals surface area (Å²) in [7, 11) is -3.29. The van der Waals surface area contributed by atoms with E-state index in [1.165, 1.54) is 10.3 Å². The van der Waals surface area contributed by atoms with Gasteiger partial charge < -0.3 is 9.64 Å². The van der Waals surface area contributed by atoms with Crippen LogP contribution in [0.2, 0.25) is 0 Å². The van der Waals surface area contributed by atoms with E-state index in [9.17, 15) is 13.2 Å². The van der Waals surface area contributed by atoms with E-state index >= 15 is 0 Å². The summed E-state index contributed by atoms with van der Waals surface area (Å²) in [5.74, 6) is 0.182. The highest BCUT2D eigenvalue weighted by Crippen LogP contribution is 2.25. The van der Waals surface area contributed by atoms with Gasteiger partial charge in [-0.1, -0.05) is 35.9 Å². The topological polar surface area (TPSA) is 63.7 Å². The van der Waals surface area contributed by atoms with Crippen LogP contribution in [0.4, 0.5) is 5.69 Å². The molecule has 0 bridgehead atoms. The Bertz CT molecular complexity index is 905. The Hall–Kier alpha value is -2.60. The van der Waals surface area contributed by atoms with Crippen LogP contribution in [0.5, 0.6) is 5.75 Å². The molecule has 136 valence electrons. The Balaban J connectivity index is 1.88. The van der Waals surface area contributed by atoms with Gasteiger partial charge in [0.05, 0.1) is 11.8 Å². The van der Waals surface area contributed by atoms with Crippen molar-refractivity contribution >= 4 is 21.4 Å². The van der Waals surface area contributed by atoms with Crippen molar-refractivity contribution < 1.29 is 17.9 Å². The average molecular weight is 371 g/mol. The molecule has 1 heterocycles. The molecule has 26 heavy (non-hydrogen) atoms. The van der Waals surface area contributed by atoms with Crippen LogP contribution in [-0.2, 0) is 14.6 Å². The molecule has 2 aromatic carbocycles. The maximum absolute atomic E-state index is 13.1. The lowest BCUT2D eigenvalue weighted by molar-refractivity contribution is -0.124. The van der Waals surface area contributed by atoms with Crippen molar-refractivity contribution in [1.82, 2.24) is 0 Å². The summed E-state index contributed by atoms with van der Waals surface area (Å²) >= 11 is 0. The van der Waals surface area contributed by atoms with Gasteiger partial charge in [-0.25, -0.2) is 8.42 Å². The Morgan fingerprint density at radius 2 is 1.77 bits per heavy atom. The number of aryl methyl sites for hydroxylation is 1. The SMILES string of the molecule is Cc1ccc(N(C(=O)[C@H](C)Oc2ccccc2)[C@@H]2C=CS(=O)(=O)C2)cc1. The molecule has 0 radical (unpaired) electrons. The molecule has 3 rings (SSSR count). The van der Waals surface area contributed by atoms with E-state index in [0.29, 0.717) is 11.4 Å². The summed E-state index contributed by atoms with van der Waals surface area (Å²) in [5.41, 5.74) is 1.71. The van der Waals surface area contributed by atoms with Crippen LogP contribution >= 0.6 is 0 Å². The largest absolute Gasteiger partial charge is 0.481 e. The Morgan fingerprint density at radius 3 is 2.35 bits per heavy atom. The summed E-state index contributed by atoms with van der Waals surface area (Å²) < 4.78 is 29.5. The van der Waals surface area contributed by atoms with Crippen molar-refractivity contribution in [3.05, 3.63) is 71.6 Å². The number of nitrogens with zero attached hydrogens (tertiary/aromatic N) is 1. The van der Waals surface area contributed by atoms with Crippen molar-refractivity contribution in [3.8, 4) is 5.75 Å². The third-order valence-corrected chi connectivity index (χ3v) is 5.57. The third kappa shape index (κ3) is 4.14. The van der Waals surface area contributed by atoms with E-state index in [1.807, 2.05) is 49.4 Å². The Kier molecular flexibility index (Phi) is 5.13. The molecule has 2 aromatic rings. The Morgan fingerprint density at radius 1 is 1.12 bits per heavy atom. The van der Waals surface area contributed by atoms with Gasteiger partial charge in [0.1, 0.15) is 5.75 Å².